The highest BCUT2D eigenvalue weighted by Crippen LogP contribution is 2.36. The minimum atomic E-state index is -0.377. The van der Waals surface area contributed by atoms with E-state index in [-0.39, 0.29) is 11.2 Å². The van der Waals surface area contributed by atoms with Crippen LogP contribution in [0.25, 0.3) is 27.8 Å². The van der Waals surface area contributed by atoms with E-state index in [1.165, 1.54) is 11.6 Å². The van der Waals surface area contributed by atoms with E-state index in [9.17, 15) is 9.59 Å². The molecule has 0 aliphatic carbocycles. The Hall–Kier alpha value is -3.74. The van der Waals surface area contributed by atoms with Gasteiger partial charge in [-0.25, -0.2) is 4.79 Å². The van der Waals surface area contributed by atoms with Gasteiger partial charge in [-0.1, -0.05) is 29.8 Å². The van der Waals surface area contributed by atoms with Crippen molar-refractivity contribution in [2.45, 2.75) is 6.92 Å². The topological polar surface area (TPSA) is 67.4 Å². The summed E-state index contributed by atoms with van der Waals surface area (Å²) in [4.78, 5) is 25.7. The normalized spacial score (nSPS) is 11.1. The van der Waals surface area contributed by atoms with Crippen LogP contribution in [0.5, 0.6) is 11.5 Å². The number of methoxy groups -OCH3 is 2. The third-order valence-corrected chi connectivity index (χ3v) is 5.41. The molecule has 4 aromatic rings. The van der Waals surface area contributed by atoms with E-state index in [0.717, 1.165) is 15.7 Å². The molecule has 154 valence electrons. The molecule has 0 amide bonds. The summed E-state index contributed by atoms with van der Waals surface area (Å²) in [5.74, 6) is 1.27. The summed E-state index contributed by atoms with van der Waals surface area (Å²) >= 11 is 0. The highest BCUT2D eigenvalue weighted by molar-refractivity contribution is 5.95. The fraction of sp³-hybridized carbons (Fsp3) is 0.217. The first-order valence-corrected chi connectivity index (χ1v) is 9.48. The molecule has 2 aromatic carbocycles. The second-order valence-corrected chi connectivity index (χ2v) is 7.22. The quantitative estimate of drug-likeness (QED) is 0.523. The summed E-state index contributed by atoms with van der Waals surface area (Å²) in [7, 11) is 6.34. The van der Waals surface area contributed by atoms with Crippen molar-refractivity contribution in [3.63, 3.8) is 0 Å². The van der Waals surface area contributed by atoms with E-state index in [2.05, 4.69) is 0 Å². The van der Waals surface area contributed by atoms with Crippen LogP contribution in [0.3, 0.4) is 0 Å². The Labute approximate surface area is 173 Å². The Balaban J connectivity index is 2.21. The summed E-state index contributed by atoms with van der Waals surface area (Å²) in [6, 6.07) is 13.4. The fourth-order valence-corrected chi connectivity index (χ4v) is 3.71. The number of fused-ring (bicyclic) bond motifs is 1. The van der Waals surface area contributed by atoms with Crippen LogP contribution >= 0.6 is 0 Å². The molecule has 4 rings (SSSR count). The second kappa shape index (κ2) is 7.26. The molecule has 0 fully saturated rings. The van der Waals surface area contributed by atoms with Crippen LogP contribution in [-0.2, 0) is 14.1 Å². The van der Waals surface area contributed by atoms with Crippen molar-refractivity contribution in [2.75, 3.05) is 14.2 Å². The molecule has 0 saturated heterocycles. The van der Waals surface area contributed by atoms with Crippen LogP contribution in [-0.4, -0.2) is 27.9 Å². The summed E-state index contributed by atoms with van der Waals surface area (Å²) in [6.07, 6.45) is 1.80. The lowest BCUT2D eigenvalue weighted by Gasteiger charge is -2.15. The fourth-order valence-electron chi connectivity index (χ4n) is 3.71. The summed E-state index contributed by atoms with van der Waals surface area (Å²) in [5, 5.41) is 0.466. The first kappa shape index (κ1) is 19.6. The van der Waals surface area contributed by atoms with Crippen LogP contribution in [0.2, 0.25) is 0 Å². The van der Waals surface area contributed by atoms with Crippen LogP contribution in [0.1, 0.15) is 5.56 Å². The van der Waals surface area contributed by atoms with E-state index in [4.69, 9.17) is 9.47 Å². The maximum Gasteiger partial charge on any atom is 0.330 e. The molecule has 0 aliphatic heterocycles. The molecule has 30 heavy (non-hydrogen) atoms. The summed E-state index contributed by atoms with van der Waals surface area (Å²) in [5.41, 5.74) is 3.19. The molecule has 7 heteroatoms. The Bertz CT molecular complexity index is 1380. The largest absolute Gasteiger partial charge is 0.497 e. The zero-order valence-electron chi connectivity index (χ0n) is 17.6. The lowest BCUT2D eigenvalue weighted by atomic mass is 10.1. The van der Waals surface area contributed by atoms with Gasteiger partial charge in [0.1, 0.15) is 11.5 Å². The maximum atomic E-state index is 13.2. The third kappa shape index (κ3) is 2.90. The van der Waals surface area contributed by atoms with Crippen molar-refractivity contribution in [2.24, 2.45) is 14.1 Å². The zero-order chi connectivity index (χ0) is 21.6. The van der Waals surface area contributed by atoms with Gasteiger partial charge in [-0.15, -0.1) is 0 Å². The lowest BCUT2D eigenvalue weighted by molar-refractivity contribution is 0.401. The number of hydrogen-bond acceptors (Lipinski definition) is 4. The SMILES string of the molecule is COc1ccc(OC)c(-n2cc3c(c2-c2ccc(C)cc2)c(=O)n(C)c(=O)n3C)c1. The minimum absolute atomic E-state index is 0.343. The molecule has 0 unspecified atom stereocenters. The van der Waals surface area contributed by atoms with Crippen LogP contribution < -0.4 is 20.7 Å². The Morgan fingerprint density at radius 2 is 1.57 bits per heavy atom. The van der Waals surface area contributed by atoms with Crippen molar-refractivity contribution < 1.29 is 9.47 Å². The molecular formula is C23H23N3O4. The number of aromatic nitrogens is 3. The van der Waals surface area contributed by atoms with Crippen molar-refractivity contribution in [1.82, 2.24) is 13.7 Å². The number of aryl methyl sites for hydroxylation is 2. The molecule has 0 atom stereocenters. The number of ether oxygens (including phenoxy) is 2. The monoisotopic (exact) mass is 405 g/mol. The van der Waals surface area contributed by atoms with Gasteiger partial charge in [0.2, 0.25) is 0 Å². The third-order valence-electron chi connectivity index (χ3n) is 5.41. The highest BCUT2D eigenvalue weighted by atomic mass is 16.5. The molecule has 0 N–H and O–H groups in total. The lowest BCUT2D eigenvalue weighted by Crippen LogP contribution is -2.36. The smallest absolute Gasteiger partial charge is 0.330 e. The Morgan fingerprint density at radius 1 is 0.867 bits per heavy atom. The van der Waals surface area contributed by atoms with Crippen LogP contribution in [0, 0.1) is 6.92 Å². The van der Waals surface area contributed by atoms with Gasteiger partial charge >= 0.3 is 5.69 Å². The standard InChI is InChI=1S/C23H23N3O4/c1-14-6-8-15(9-7-14)21-20-18(24(2)23(28)25(3)22(20)27)13-26(21)17-12-16(29-4)10-11-19(17)30-5/h6-13H,1-5H3. The zero-order valence-corrected chi connectivity index (χ0v) is 17.6. The summed E-state index contributed by atoms with van der Waals surface area (Å²) in [6.45, 7) is 2.01. The van der Waals surface area contributed by atoms with E-state index < -0.39 is 0 Å². The van der Waals surface area contributed by atoms with E-state index in [1.54, 1.807) is 27.5 Å². The van der Waals surface area contributed by atoms with Gasteiger partial charge in [0, 0.05) is 26.4 Å². The highest BCUT2D eigenvalue weighted by Gasteiger charge is 2.22. The second-order valence-electron chi connectivity index (χ2n) is 7.22. The molecule has 7 nitrogen and oxygen atoms in total. The van der Waals surface area contributed by atoms with Crippen molar-refractivity contribution in [1.29, 1.82) is 0 Å². The molecular weight excluding hydrogens is 382 g/mol. The average Bonchev–Trinajstić information content (AvgIpc) is 3.17. The van der Waals surface area contributed by atoms with Crippen molar-refractivity contribution in [3.8, 4) is 28.4 Å². The Kier molecular flexibility index (Phi) is 4.73. The molecule has 2 aromatic heterocycles. The molecule has 0 aliphatic rings. The molecule has 2 heterocycles. The van der Waals surface area contributed by atoms with Crippen molar-refractivity contribution >= 4 is 10.9 Å². The van der Waals surface area contributed by atoms with Gasteiger partial charge in [-0.05, 0) is 24.6 Å². The van der Waals surface area contributed by atoms with Gasteiger partial charge in [-0.2, -0.15) is 0 Å². The number of rotatable bonds is 4. The van der Waals surface area contributed by atoms with E-state index in [1.807, 2.05) is 54.0 Å². The Morgan fingerprint density at radius 3 is 2.20 bits per heavy atom. The van der Waals surface area contributed by atoms with Crippen molar-refractivity contribution in [3.05, 3.63) is 75.1 Å². The number of nitrogens with zero attached hydrogens (tertiary/aromatic N) is 3. The molecule has 0 radical (unpaired) electrons. The van der Waals surface area contributed by atoms with Gasteiger partial charge in [0.25, 0.3) is 5.56 Å². The average molecular weight is 405 g/mol. The van der Waals surface area contributed by atoms with E-state index >= 15 is 0 Å². The van der Waals surface area contributed by atoms with Gasteiger partial charge in [0.05, 0.1) is 36.5 Å². The minimum Gasteiger partial charge on any atom is -0.497 e. The first-order chi connectivity index (χ1) is 14.4. The van der Waals surface area contributed by atoms with Gasteiger partial charge < -0.3 is 14.0 Å². The number of hydrogen-bond donors (Lipinski definition) is 0. The van der Waals surface area contributed by atoms with Crippen LogP contribution in [0.4, 0.5) is 0 Å². The van der Waals surface area contributed by atoms with E-state index in [0.29, 0.717) is 33.8 Å². The number of benzene rings is 2. The predicted molar refractivity (Wildman–Crippen MR) is 117 cm³/mol. The maximum absolute atomic E-state index is 13.2. The van der Waals surface area contributed by atoms with Crippen LogP contribution in [0.15, 0.2) is 58.3 Å². The van der Waals surface area contributed by atoms with Gasteiger partial charge in [0.15, 0.2) is 0 Å². The molecule has 0 bridgehead atoms. The molecule has 0 saturated carbocycles. The summed E-state index contributed by atoms with van der Waals surface area (Å²) < 4.78 is 15.5. The first-order valence-electron chi connectivity index (χ1n) is 9.48. The predicted octanol–water partition coefficient (Wildman–Crippen LogP) is 3.02. The van der Waals surface area contributed by atoms with Gasteiger partial charge in [-0.3, -0.25) is 13.9 Å². The molecule has 0 spiro atoms.